The lowest BCUT2D eigenvalue weighted by molar-refractivity contribution is -0.191. The standard InChI is InChI=1S/C21H31N7O2S/c1-6-28-14(4)16(9-24-28)18-25-17-19(26(18)5)22-12-23-20(17)31-15-7-8-27(10-15)21(29)30-11-13(2)3/h9,12-13,15,21,29H,6-8,10-11H2,1-5H3. The van der Waals surface area contributed by atoms with Gasteiger partial charge in [-0.15, -0.1) is 0 Å². The highest BCUT2D eigenvalue weighted by Crippen LogP contribution is 2.34. The Morgan fingerprint density at radius 1 is 1.32 bits per heavy atom. The fourth-order valence-corrected chi connectivity index (χ4v) is 5.04. The summed E-state index contributed by atoms with van der Waals surface area (Å²) < 4.78 is 9.55. The Morgan fingerprint density at radius 2 is 2.13 bits per heavy atom. The van der Waals surface area contributed by atoms with Crippen molar-refractivity contribution in [3.8, 4) is 11.4 Å². The molecule has 4 rings (SSSR count). The fraction of sp³-hybridized carbons (Fsp3) is 0.619. The highest BCUT2D eigenvalue weighted by atomic mass is 32.2. The Bertz CT molecular complexity index is 1050. The minimum absolute atomic E-state index is 0.311. The molecule has 2 unspecified atom stereocenters. The zero-order valence-corrected chi connectivity index (χ0v) is 19.6. The Balaban J connectivity index is 1.53. The van der Waals surface area contributed by atoms with Gasteiger partial charge in [-0.3, -0.25) is 9.58 Å². The van der Waals surface area contributed by atoms with Gasteiger partial charge in [0, 0.05) is 37.6 Å². The molecule has 3 aromatic rings. The van der Waals surface area contributed by atoms with Crippen LogP contribution in [0.4, 0.5) is 0 Å². The maximum Gasteiger partial charge on any atom is 0.216 e. The first kappa shape index (κ1) is 22.2. The summed E-state index contributed by atoms with van der Waals surface area (Å²) in [4.78, 5) is 15.9. The molecule has 1 aliphatic heterocycles. The molecule has 1 aliphatic rings. The van der Waals surface area contributed by atoms with Gasteiger partial charge in [-0.2, -0.15) is 5.10 Å². The van der Waals surface area contributed by atoms with Crippen molar-refractivity contribution in [3.63, 3.8) is 0 Å². The molecule has 9 nitrogen and oxygen atoms in total. The quantitative estimate of drug-likeness (QED) is 0.418. The molecule has 10 heteroatoms. The largest absolute Gasteiger partial charge is 0.356 e. The molecule has 31 heavy (non-hydrogen) atoms. The third kappa shape index (κ3) is 4.48. The number of fused-ring (bicyclic) bond motifs is 1. The molecule has 168 valence electrons. The van der Waals surface area contributed by atoms with E-state index in [1.807, 2.05) is 27.4 Å². The molecule has 0 aromatic carbocycles. The van der Waals surface area contributed by atoms with E-state index in [1.165, 1.54) is 0 Å². The summed E-state index contributed by atoms with van der Waals surface area (Å²) in [6.07, 6.45) is 3.58. The van der Waals surface area contributed by atoms with Crippen LogP contribution in [0.2, 0.25) is 0 Å². The first-order valence-electron chi connectivity index (χ1n) is 10.8. The number of nitrogens with zero attached hydrogens (tertiary/aromatic N) is 7. The van der Waals surface area contributed by atoms with E-state index in [4.69, 9.17) is 9.72 Å². The van der Waals surface area contributed by atoms with Crippen molar-refractivity contribution in [1.29, 1.82) is 0 Å². The van der Waals surface area contributed by atoms with Gasteiger partial charge >= 0.3 is 0 Å². The van der Waals surface area contributed by atoms with Crippen molar-refractivity contribution < 1.29 is 9.84 Å². The van der Waals surface area contributed by atoms with Crippen LogP contribution in [-0.4, -0.2) is 70.7 Å². The normalized spacial score (nSPS) is 18.5. The lowest BCUT2D eigenvalue weighted by atomic mass is 10.2. The summed E-state index contributed by atoms with van der Waals surface area (Å²) in [7, 11) is 1.98. The molecule has 0 amide bonds. The average Bonchev–Trinajstić information content (AvgIpc) is 3.44. The zero-order chi connectivity index (χ0) is 22.1. The van der Waals surface area contributed by atoms with E-state index in [1.54, 1.807) is 18.1 Å². The van der Waals surface area contributed by atoms with E-state index in [0.29, 0.717) is 17.8 Å². The molecule has 3 aromatic heterocycles. The van der Waals surface area contributed by atoms with Crippen LogP contribution in [-0.2, 0) is 18.3 Å². The fourth-order valence-electron chi connectivity index (χ4n) is 3.88. The molecule has 0 spiro atoms. The van der Waals surface area contributed by atoms with E-state index in [9.17, 15) is 5.11 Å². The van der Waals surface area contributed by atoms with Crippen molar-refractivity contribution in [2.75, 3.05) is 19.7 Å². The van der Waals surface area contributed by atoms with Crippen LogP contribution in [0, 0.1) is 12.8 Å². The van der Waals surface area contributed by atoms with Gasteiger partial charge in [-0.25, -0.2) is 15.0 Å². The van der Waals surface area contributed by atoms with Crippen LogP contribution < -0.4 is 0 Å². The minimum atomic E-state index is -0.849. The van der Waals surface area contributed by atoms with Crippen molar-refractivity contribution >= 4 is 22.9 Å². The molecule has 0 bridgehead atoms. The highest BCUT2D eigenvalue weighted by molar-refractivity contribution is 8.00. The Kier molecular flexibility index (Phi) is 6.61. The predicted octanol–water partition coefficient (Wildman–Crippen LogP) is 2.67. The topological polar surface area (TPSA) is 94.1 Å². The lowest BCUT2D eigenvalue weighted by Gasteiger charge is -2.23. The molecule has 1 N–H and O–H groups in total. The second kappa shape index (κ2) is 9.23. The monoisotopic (exact) mass is 445 g/mol. The first-order chi connectivity index (χ1) is 14.9. The van der Waals surface area contributed by atoms with Crippen molar-refractivity contribution in [2.45, 2.75) is 57.4 Å². The summed E-state index contributed by atoms with van der Waals surface area (Å²) in [5.41, 5.74) is 3.72. The summed E-state index contributed by atoms with van der Waals surface area (Å²) in [6.45, 7) is 11.2. The number of aliphatic hydroxyl groups is 1. The summed E-state index contributed by atoms with van der Waals surface area (Å²) in [6, 6.07) is 0. The Labute approximate surface area is 186 Å². The van der Waals surface area contributed by atoms with Crippen LogP contribution in [0.25, 0.3) is 22.6 Å². The highest BCUT2D eigenvalue weighted by Gasteiger charge is 2.30. The Morgan fingerprint density at radius 3 is 2.84 bits per heavy atom. The average molecular weight is 446 g/mol. The number of aromatic nitrogens is 6. The number of likely N-dealkylation sites (tertiary alicyclic amines) is 1. The maximum atomic E-state index is 10.3. The van der Waals surface area contributed by atoms with Gasteiger partial charge in [0.05, 0.1) is 18.4 Å². The molecule has 0 radical (unpaired) electrons. The molecule has 2 atom stereocenters. The summed E-state index contributed by atoms with van der Waals surface area (Å²) >= 11 is 1.70. The van der Waals surface area contributed by atoms with Gasteiger partial charge in [0.15, 0.2) is 5.65 Å². The van der Waals surface area contributed by atoms with E-state index in [2.05, 4.69) is 42.8 Å². The maximum absolute atomic E-state index is 10.3. The SMILES string of the molecule is CCn1ncc(-c2nc3c(SC4CCN(C(O)OCC(C)C)C4)ncnc3n2C)c1C. The number of hydrogen-bond donors (Lipinski definition) is 1. The molecule has 0 saturated carbocycles. The third-order valence-corrected chi connectivity index (χ3v) is 6.85. The number of ether oxygens (including phenoxy) is 1. The van der Waals surface area contributed by atoms with Gasteiger partial charge in [0.2, 0.25) is 6.41 Å². The van der Waals surface area contributed by atoms with Gasteiger partial charge in [0.1, 0.15) is 22.7 Å². The van der Waals surface area contributed by atoms with Crippen LogP contribution in [0.15, 0.2) is 17.6 Å². The Hall–Kier alpha value is -2.01. The van der Waals surface area contributed by atoms with Gasteiger partial charge in [-0.05, 0) is 26.2 Å². The number of aryl methyl sites for hydroxylation is 2. The second-order valence-corrected chi connectivity index (χ2v) is 9.67. The van der Waals surface area contributed by atoms with Gasteiger partial charge in [0.25, 0.3) is 0 Å². The van der Waals surface area contributed by atoms with Crippen LogP contribution in [0.5, 0.6) is 0 Å². The van der Waals surface area contributed by atoms with Crippen molar-refractivity contribution in [3.05, 3.63) is 18.2 Å². The molecule has 1 saturated heterocycles. The molecular formula is C21H31N7O2S. The van der Waals surface area contributed by atoms with E-state index >= 15 is 0 Å². The lowest BCUT2D eigenvalue weighted by Crippen LogP contribution is -2.36. The van der Waals surface area contributed by atoms with Gasteiger partial charge < -0.3 is 14.4 Å². The van der Waals surface area contributed by atoms with Crippen LogP contribution in [0.3, 0.4) is 0 Å². The molecule has 1 fully saturated rings. The van der Waals surface area contributed by atoms with E-state index < -0.39 is 6.41 Å². The number of aliphatic hydroxyl groups excluding tert-OH is 1. The zero-order valence-electron chi connectivity index (χ0n) is 18.8. The number of thioether (sulfide) groups is 1. The number of rotatable bonds is 8. The van der Waals surface area contributed by atoms with E-state index in [0.717, 1.165) is 59.3 Å². The minimum Gasteiger partial charge on any atom is -0.356 e. The molecule has 4 heterocycles. The van der Waals surface area contributed by atoms with Gasteiger partial charge in [-0.1, -0.05) is 25.6 Å². The van der Waals surface area contributed by atoms with E-state index in [-0.39, 0.29) is 0 Å². The third-order valence-electron chi connectivity index (χ3n) is 5.61. The molecular weight excluding hydrogens is 414 g/mol. The summed E-state index contributed by atoms with van der Waals surface area (Å²) in [5, 5.41) is 16.0. The van der Waals surface area contributed by atoms with Crippen LogP contribution in [0.1, 0.15) is 32.9 Å². The number of imidazole rings is 1. The van der Waals surface area contributed by atoms with Crippen LogP contribution >= 0.6 is 11.8 Å². The smallest absolute Gasteiger partial charge is 0.216 e. The summed E-state index contributed by atoms with van der Waals surface area (Å²) in [5.74, 6) is 1.24. The predicted molar refractivity (Wildman–Crippen MR) is 121 cm³/mol. The first-order valence-corrected chi connectivity index (χ1v) is 11.7. The van der Waals surface area contributed by atoms with Crippen molar-refractivity contribution in [2.24, 2.45) is 13.0 Å². The van der Waals surface area contributed by atoms with Crippen molar-refractivity contribution in [1.82, 2.24) is 34.2 Å². The number of hydrogen-bond acceptors (Lipinski definition) is 8. The second-order valence-electron chi connectivity index (χ2n) is 8.38. The molecule has 0 aliphatic carbocycles.